The first kappa shape index (κ1) is 17.4. The van der Waals surface area contributed by atoms with E-state index in [1.165, 1.54) is 6.33 Å². The molecule has 3 aromatic rings. The van der Waals surface area contributed by atoms with Crippen molar-refractivity contribution in [2.75, 3.05) is 18.4 Å². The van der Waals surface area contributed by atoms with Gasteiger partial charge in [0.25, 0.3) is 0 Å². The molecule has 4 rings (SSSR count). The molecule has 0 atom stereocenters. The highest BCUT2D eigenvalue weighted by atomic mass is 79.9. The number of H-pyrrole nitrogens is 1. The lowest BCUT2D eigenvalue weighted by atomic mass is 10.1. The van der Waals surface area contributed by atoms with Crippen molar-refractivity contribution in [1.82, 2.24) is 19.3 Å². The minimum absolute atomic E-state index is 0.180. The topological polar surface area (TPSA) is 91.0 Å². The molecule has 0 radical (unpaired) electrons. The zero-order valence-corrected chi connectivity index (χ0v) is 16.3. The summed E-state index contributed by atoms with van der Waals surface area (Å²) in [7, 11) is -3.45. The summed E-state index contributed by atoms with van der Waals surface area (Å²) in [5, 5.41) is 4.37. The van der Waals surface area contributed by atoms with Gasteiger partial charge in [0, 0.05) is 29.8 Å². The van der Waals surface area contributed by atoms with Gasteiger partial charge < -0.3 is 10.3 Å². The Balaban J connectivity index is 1.44. The minimum atomic E-state index is -3.45. The Bertz CT molecular complexity index is 1010. The maximum absolute atomic E-state index is 12.8. The van der Waals surface area contributed by atoms with Crippen LogP contribution in [0.25, 0.3) is 11.0 Å². The Morgan fingerprint density at radius 2 is 1.85 bits per heavy atom. The summed E-state index contributed by atoms with van der Waals surface area (Å²) in [6.45, 7) is 0.967. The van der Waals surface area contributed by atoms with Gasteiger partial charge in [-0.2, -0.15) is 4.31 Å². The molecule has 0 unspecified atom stereocenters. The van der Waals surface area contributed by atoms with Crippen molar-refractivity contribution in [2.45, 2.75) is 23.8 Å². The number of hydrogen-bond acceptors (Lipinski definition) is 5. The lowest BCUT2D eigenvalue weighted by molar-refractivity contribution is 0.329. The normalized spacial score (nSPS) is 16.8. The quantitative estimate of drug-likeness (QED) is 0.656. The van der Waals surface area contributed by atoms with E-state index in [-0.39, 0.29) is 6.04 Å². The SMILES string of the molecule is O=S(=O)(c1ccc(Br)cc1)N1CCC(Nc2ncnc3[nH]ccc23)CC1. The van der Waals surface area contributed by atoms with Crippen LogP contribution in [0.3, 0.4) is 0 Å². The molecule has 1 fully saturated rings. The third-order valence-corrected chi connectivity index (χ3v) is 7.04. The minimum Gasteiger partial charge on any atom is -0.367 e. The van der Waals surface area contributed by atoms with Gasteiger partial charge in [-0.3, -0.25) is 0 Å². The van der Waals surface area contributed by atoms with Crippen LogP contribution in [0.1, 0.15) is 12.8 Å². The van der Waals surface area contributed by atoms with E-state index < -0.39 is 10.0 Å². The van der Waals surface area contributed by atoms with Gasteiger partial charge in [0.05, 0.1) is 10.3 Å². The summed E-state index contributed by atoms with van der Waals surface area (Å²) >= 11 is 3.33. The number of hydrogen-bond donors (Lipinski definition) is 2. The van der Waals surface area contributed by atoms with E-state index in [4.69, 9.17) is 0 Å². The van der Waals surface area contributed by atoms with Gasteiger partial charge in [-0.25, -0.2) is 18.4 Å². The maximum atomic E-state index is 12.8. The molecule has 0 saturated carbocycles. The van der Waals surface area contributed by atoms with E-state index in [2.05, 4.69) is 36.2 Å². The predicted molar refractivity (Wildman–Crippen MR) is 103 cm³/mol. The molecule has 0 aliphatic carbocycles. The van der Waals surface area contributed by atoms with Crippen LogP contribution in [0.2, 0.25) is 0 Å². The molecule has 1 saturated heterocycles. The van der Waals surface area contributed by atoms with E-state index in [1.54, 1.807) is 28.6 Å². The van der Waals surface area contributed by atoms with Crippen LogP contribution in [0.4, 0.5) is 5.82 Å². The van der Waals surface area contributed by atoms with Crippen LogP contribution in [-0.4, -0.2) is 46.8 Å². The van der Waals surface area contributed by atoms with E-state index in [1.807, 2.05) is 12.3 Å². The molecule has 1 aliphatic heterocycles. The Morgan fingerprint density at radius 3 is 2.58 bits per heavy atom. The van der Waals surface area contributed by atoms with Gasteiger partial charge in [-0.1, -0.05) is 15.9 Å². The highest BCUT2D eigenvalue weighted by Gasteiger charge is 2.29. The number of sulfonamides is 1. The molecule has 0 amide bonds. The first-order valence-corrected chi connectivity index (χ1v) is 10.6. The zero-order valence-electron chi connectivity index (χ0n) is 13.9. The van der Waals surface area contributed by atoms with E-state index in [0.29, 0.717) is 18.0 Å². The van der Waals surface area contributed by atoms with Crippen LogP contribution in [0.5, 0.6) is 0 Å². The van der Waals surface area contributed by atoms with Crippen molar-refractivity contribution in [3.8, 4) is 0 Å². The second-order valence-electron chi connectivity index (χ2n) is 6.24. The Labute approximate surface area is 160 Å². The summed E-state index contributed by atoms with van der Waals surface area (Å²) in [5.41, 5.74) is 0.790. The highest BCUT2D eigenvalue weighted by molar-refractivity contribution is 9.10. The number of nitrogens with one attached hydrogen (secondary N) is 2. The average Bonchev–Trinajstić information content (AvgIpc) is 3.12. The fourth-order valence-electron chi connectivity index (χ4n) is 3.18. The second-order valence-corrected chi connectivity index (χ2v) is 9.09. The number of aromatic nitrogens is 3. The summed E-state index contributed by atoms with van der Waals surface area (Å²) in [6.07, 6.45) is 4.81. The van der Waals surface area contributed by atoms with Crippen LogP contribution in [0.15, 0.2) is 52.2 Å². The van der Waals surface area contributed by atoms with Crippen molar-refractivity contribution in [2.24, 2.45) is 0 Å². The molecule has 3 heterocycles. The van der Waals surface area contributed by atoms with Gasteiger partial charge in [-0.05, 0) is 43.2 Å². The van der Waals surface area contributed by atoms with Crippen molar-refractivity contribution in [3.05, 3.63) is 47.3 Å². The third kappa shape index (κ3) is 3.34. The molecule has 0 spiro atoms. The predicted octanol–water partition coefficient (Wildman–Crippen LogP) is 2.99. The lowest BCUT2D eigenvalue weighted by Crippen LogP contribution is -2.42. The smallest absolute Gasteiger partial charge is 0.243 e. The molecule has 2 aromatic heterocycles. The van der Waals surface area contributed by atoms with E-state index in [9.17, 15) is 8.42 Å². The van der Waals surface area contributed by atoms with Crippen LogP contribution in [-0.2, 0) is 10.0 Å². The van der Waals surface area contributed by atoms with Crippen molar-refractivity contribution in [1.29, 1.82) is 0 Å². The zero-order chi connectivity index (χ0) is 18.1. The Morgan fingerprint density at radius 1 is 1.12 bits per heavy atom. The molecule has 2 N–H and O–H groups in total. The number of halogens is 1. The van der Waals surface area contributed by atoms with E-state index >= 15 is 0 Å². The van der Waals surface area contributed by atoms with Crippen LogP contribution >= 0.6 is 15.9 Å². The standard InChI is InChI=1S/C17H18BrN5O2S/c18-12-1-3-14(4-2-12)26(24,25)23-9-6-13(7-10-23)22-17-15-5-8-19-16(15)20-11-21-17/h1-5,8,11,13H,6-7,9-10H2,(H2,19,20,21,22). The third-order valence-electron chi connectivity index (χ3n) is 4.60. The summed E-state index contributed by atoms with van der Waals surface area (Å²) in [5.74, 6) is 0.783. The van der Waals surface area contributed by atoms with Crippen molar-refractivity contribution >= 4 is 42.8 Å². The fraction of sp³-hybridized carbons (Fsp3) is 0.294. The van der Waals surface area contributed by atoms with Gasteiger partial charge in [0.15, 0.2) is 0 Å². The molecule has 26 heavy (non-hydrogen) atoms. The molecule has 9 heteroatoms. The molecular formula is C17H18BrN5O2S. The monoisotopic (exact) mass is 435 g/mol. The van der Waals surface area contributed by atoms with Gasteiger partial charge >= 0.3 is 0 Å². The van der Waals surface area contributed by atoms with E-state index in [0.717, 1.165) is 34.2 Å². The summed E-state index contributed by atoms with van der Waals surface area (Å²) in [4.78, 5) is 11.9. The first-order chi connectivity index (χ1) is 12.5. The summed E-state index contributed by atoms with van der Waals surface area (Å²) < 4.78 is 28.0. The number of aromatic amines is 1. The fourth-order valence-corrected chi connectivity index (χ4v) is 4.91. The Kier molecular flexibility index (Phi) is 4.68. The average molecular weight is 436 g/mol. The van der Waals surface area contributed by atoms with Crippen LogP contribution in [0, 0.1) is 0 Å². The van der Waals surface area contributed by atoms with Gasteiger partial charge in [0.2, 0.25) is 10.0 Å². The number of benzene rings is 1. The van der Waals surface area contributed by atoms with Gasteiger partial charge in [0.1, 0.15) is 17.8 Å². The van der Waals surface area contributed by atoms with Crippen molar-refractivity contribution in [3.63, 3.8) is 0 Å². The number of rotatable bonds is 4. The number of anilines is 1. The van der Waals surface area contributed by atoms with Crippen LogP contribution < -0.4 is 5.32 Å². The molecule has 1 aliphatic rings. The number of piperidine rings is 1. The molecule has 1 aromatic carbocycles. The summed E-state index contributed by atoms with van der Waals surface area (Å²) in [6, 6.07) is 8.88. The highest BCUT2D eigenvalue weighted by Crippen LogP contribution is 2.25. The molecular weight excluding hydrogens is 418 g/mol. The number of nitrogens with zero attached hydrogens (tertiary/aromatic N) is 3. The Hall–Kier alpha value is -1.97. The molecule has 7 nitrogen and oxygen atoms in total. The number of fused-ring (bicyclic) bond motifs is 1. The largest absolute Gasteiger partial charge is 0.367 e. The molecule has 136 valence electrons. The van der Waals surface area contributed by atoms with Crippen molar-refractivity contribution < 1.29 is 8.42 Å². The lowest BCUT2D eigenvalue weighted by Gasteiger charge is -2.32. The maximum Gasteiger partial charge on any atom is 0.243 e. The van der Waals surface area contributed by atoms with Gasteiger partial charge in [-0.15, -0.1) is 0 Å². The molecule has 0 bridgehead atoms. The second kappa shape index (κ2) is 6.98. The first-order valence-electron chi connectivity index (χ1n) is 8.34.